The Morgan fingerprint density at radius 2 is 1.65 bits per heavy atom. The number of rotatable bonds is 4. The number of Topliss-reactive ketones (excluding diaryl/α,β-unsaturated/α-hetero) is 2. The molecule has 0 fully saturated rings. The Hall–Kier alpha value is -4.48. The molecule has 0 aliphatic heterocycles. The average Bonchev–Trinajstić information content (AvgIpc) is 2.90. The zero-order valence-electron chi connectivity index (χ0n) is 24.6. The number of fused-ring (bicyclic) bond motifs is 3. The number of nitrogens with two attached hydrogens (primary N) is 1. The van der Waals surface area contributed by atoms with Crippen LogP contribution in [0.5, 0.6) is 5.75 Å². The molecule has 11 nitrogen and oxygen atoms in total. The first-order chi connectivity index (χ1) is 20.0. The third-order valence-corrected chi connectivity index (χ3v) is 8.74. The molecule has 0 unspecified atom stereocenters. The van der Waals surface area contributed by atoms with Crippen LogP contribution < -0.4 is 11.1 Å². The van der Waals surface area contributed by atoms with E-state index in [9.17, 15) is 39.6 Å². The first-order valence-corrected chi connectivity index (χ1v) is 13.9. The fourth-order valence-corrected chi connectivity index (χ4v) is 6.57. The van der Waals surface area contributed by atoms with E-state index in [1.165, 1.54) is 11.0 Å². The highest BCUT2D eigenvalue weighted by Gasteiger charge is 2.63. The van der Waals surface area contributed by atoms with Gasteiger partial charge in [-0.15, -0.1) is 0 Å². The number of ketones is 2. The molecule has 0 spiro atoms. The molecule has 11 heteroatoms. The third-order valence-electron chi connectivity index (χ3n) is 8.74. The van der Waals surface area contributed by atoms with Crippen molar-refractivity contribution in [1.29, 1.82) is 0 Å². The Balaban J connectivity index is 1.61. The number of hydrogen-bond acceptors (Lipinski definition) is 9. The molecular formula is C32H35N3O8. The molecule has 0 aromatic heterocycles. The largest absolute Gasteiger partial charge is 0.510 e. The predicted octanol–water partition coefficient (Wildman–Crippen LogP) is 2.77. The molecule has 3 aliphatic rings. The number of hydrogen-bond donors (Lipinski definition) is 6. The van der Waals surface area contributed by atoms with E-state index in [0.717, 1.165) is 0 Å². The molecule has 226 valence electrons. The minimum absolute atomic E-state index is 0.00136. The van der Waals surface area contributed by atoms with Gasteiger partial charge in [-0.2, -0.15) is 0 Å². The van der Waals surface area contributed by atoms with Crippen LogP contribution in [0.3, 0.4) is 0 Å². The summed E-state index contributed by atoms with van der Waals surface area (Å²) in [7, 11) is 3.16. The number of aromatic hydroxyl groups is 1. The number of nitrogens with one attached hydrogen (secondary N) is 1. The molecule has 2 aromatic rings. The molecule has 2 amide bonds. The molecular weight excluding hydrogens is 554 g/mol. The maximum absolute atomic E-state index is 13.9. The van der Waals surface area contributed by atoms with Crippen LogP contribution in [-0.4, -0.2) is 74.4 Å². The molecule has 7 N–H and O–H groups in total. The van der Waals surface area contributed by atoms with Crippen molar-refractivity contribution in [1.82, 2.24) is 4.90 Å². The van der Waals surface area contributed by atoms with Crippen molar-refractivity contribution < 1.29 is 39.6 Å². The molecule has 0 saturated heterocycles. The summed E-state index contributed by atoms with van der Waals surface area (Å²) in [6.07, 6.45) is 0.166. The zero-order valence-corrected chi connectivity index (χ0v) is 24.6. The maximum atomic E-state index is 13.9. The maximum Gasteiger partial charge on any atom is 0.255 e. The van der Waals surface area contributed by atoms with Crippen molar-refractivity contribution in [2.45, 2.75) is 45.3 Å². The standard InChI is InChI=1S/C32H35N3O8/c1-31(2,3)30(42)34-16-8-6-14(7-9-16)17-10-11-20(36)22-18(17)12-15-13-19-24(35(4)5)26(38)23(29(33)41)28(40)32(19,43)27(39)21(15)25(22)37/h6-11,15,19,24,36,38-39,43H,12-13H2,1-5H3,(H2,33,41)(H,34,42)/t15-,19-,24-,32+/m1/s1. The number of carbonyl (C=O) groups is 4. The summed E-state index contributed by atoms with van der Waals surface area (Å²) in [6, 6.07) is 9.02. The smallest absolute Gasteiger partial charge is 0.255 e. The van der Waals surface area contributed by atoms with Crippen molar-refractivity contribution in [3.8, 4) is 16.9 Å². The lowest BCUT2D eigenvalue weighted by molar-refractivity contribution is -0.148. The van der Waals surface area contributed by atoms with Crippen molar-refractivity contribution in [3.05, 3.63) is 70.2 Å². The highest BCUT2D eigenvalue weighted by Crippen LogP contribution is 2.53. The Morgan fingerprint density at radius 3 is 2.21 bits per heavy atom. The number of phenolic OH excluding ortho intramolecular Hbond substituents is 1. The van der Waals surface area contributed by atoms with E-state index in [2.05, 4.69) is 5.32 Å². The minimum atomic E-state index is -2.69. The van der Waals surface area contributed by atoms with E-state index in [1.54, 1.807) is 65.2 Å². The Morgan fingerprint density at radius 1 is 1.02 bits per heavy atom. The minimum Gasteiger partial charge on any atom is -0.510 e. The average molecular weight is 590 g/mol. The van der Waals surface area contributed by atoms with Crippen LogP contribution in [0.2, 0.25) is 0 Å². The summed E-state index contributed by atoms with van der Waals surface area (Å²) < 4.78 is 0. The fraction of sp³-hybridized carbons (Fsp3) is 0.375. The summed E-state index contributed by atoms with van der Waals surface area (Å²) in [6.45, 7) is 5.42. The van der Waals surface area contributed by atoms with Crippen molar-refractivity contribution in [2.75, 3.05) is 19.4 Å². The number of benzene rings is 2. The SMILES string of the molecule is CN(C)[C@H]1C(O)=C(C(N)=O)C(=O)[C@@]2(O)C(O)=C3C(=O)c4c(O)ccc(-c5ccc(NC(=O)C(C)(C)C)cc5)c4C[C@@H]3C[C@H]12. The number of nitrogens with zero attached hydrogens (tertiary/aromatic N) is 1. The van der Waals surface area contributed by atoms with Crippen molar-refractivity contribution >= 4 is 29.1 Å². The van der Waals surface area contributed by atoms with E-state index >= 15 is 0 Å². The van der Waals surface area contributed by atoms with E-state index in [4.69, 9.17) is 5.73 Å². The highest BCUT2D eigenvalue weighted by molar-refractivity contribution is 6.25. The molecule has 0 bridgehead atoms. The van der Waals surface area contributed by atoms with Gasteiger partial charge in [0.15, 0.2) is 11.4 Å². The zero-order chi connectivity index (χ0) is 31.8. The van der Waals surface area contributed by atoms with Gasteiger partial charge in [-0.1, -0.05) is 39.0 Å². The lowest BCUT2D eigenvalue weighted by atomic mass is 9.58. The second-order valence-corrected chi connectivity index (χ2v) is 12.7. The lowest BCUT2D eigenvalue weighted by Crippen LogP contribution is -2.63. The normalized spacial score (nSPS) is 25.3. The molecule has 5 rings (SSSR count). The van der Waals surface area contributed by atoms with Gasteiger partial charge in [0.1, 0.15) is 22.8 Å². The number of aliphatic hydroxyl groups excluding tert-OH is 2. The van der Waals surface area contributed by atoms with Crippen LogP contribution in [0.1, 0.15) is 43.1 Å². The number of carbonyl (C=O) groups excluding carboxylic acids is 4. The summed E-state index contributed by atoms with van der Waals surface area (Å²) in [5.41, 5.74) is 3.45. The summed E-state index contributed by atoms with van der Waals surface area (Å²) in [5.74, 6) is -7.09. The fourth-order valence-electron chi connectivity index (χ4n) is 6.57. The Bertz CT molecular complexity index is 1650. The van der Waals surface area contributed by atoms with Crippen LogP contribution in [0.15, 0.2) is 59.1 Å². The summed E-state index contributed by atoms with van der Waals surface area (Å²) >= 11 is 0. The number of primary amides is 1. The molecule has 3 aliphatic carbocycles. The molecule has 4 atom stereocenters. The molecule has 2 aromatic carbocycles. The van der Waals surface area contributed by atoms with Gasteiger partial charge in [-0.3, -0.25) is 24.1 Å². The van der Waals surface area contributed by atoms with Crippen molar-refractivity contribution in [3.63, 3.8) is 0 Å². The van der Waals surface area contributed by atoms with Gasteiger partial charge in [0.05, 0.1) is 11.6 Å². The number of likely N-dealkylation sites (N-methyl/N-ethyl adjacent to an activating group) is 1. The van der Waals surface area contributed by atoms with Crippen LogP contribution in [0, 0.1) is 17.3 Å². The van der Waals surface area contributed by atoms with Crippen LogP contribution in [-0.2, 0) is 20.8 Å². The van der Waals surface area contributed by atoms with Crippen molar-refractivity contribution in [2.24, 2.45) is 23.0 Å². The topological polar surface area (TPSA) is 190 Å². The third kappa shape index (κ3) is 4.50. The van der Waals surface area contributed by atoms with Gasteiger partial charge in [0, 0.05) is 22.6 Å². The Labute approximate surface area is 248 Å². The number of amides is 2. The quantitative estimate of drug-likeness (QED) is 0.291. The molecule has 43 heavy (non-hydrogen) atoms. The van der Waals surface area contributed by atoms with Gasteiger partial charge in [-0.05, 0) is 67.7 Å². The van der Waals surface area contributed by atoms with Gasteiger partial charge in [0.2, 0.25) is 11.7 Å². The van der Waals surface area contributed by atoms with Crippen LogP contribution in [0.4, 0.5) is 5.69 Å². The van der Waals surface area contributed by atoms with E-state index < -0.39 is 63.5 Å². The van der Waals surface area contributed by atoms with Gasteiger partial charge in [0.25, 0.3) is 5.91 Å². The Kier molecular flexibility index (Phi) is 7.02. The van der Waals surface area contributed by atoms with E-state index in [1.807, 2.05) is 0 Å². The predicted molar refractivity (Wildman–Crippen MR) is 157 cm³/mol. The van der Waals surface area contributed by atoms with Crippen LogP contribution in [0.25, 0.3) is 11.1 Å². The molecule has 0 heterocycles. The molecule has 0 radical (unpaired) electrons. The van der Waals surface area contributed by atoms with Gasteiger partial charge >= 0.3 is 0 Å². The van der Waals surface area contributed by atoms with Gasteiger partial charge in [-0.25, -0.2) is 0 Å². The lowest BCUT2D eigenvalue weighted by Gasteiger charge is -2.50. The van der Waals surface area contributed by atoms with Crippen LogP contribution >= 0.6 is 0 Å². The first kappa shape index (κ1) is 30.0. The number of allylic oxidation sites excluding steroid dienone is 1. The number of anilines is 1. The summed E-state index contributed by atoms with van der Waals surface area (Å²) in [5, 5.41) is 47.8. The molecule has 0 saturated carbocycles. The van der Waals surface area contributed by atoms with E-state index in [-0.39, 0.29) is 35.6 Å². The van der Waals surface area contributed by atoms with E-state index in [0.29, 0.717) is 22.4 Å². The highest BCUT2D eigenvalue weighted by atomic mass is 16.3. The second-order valence-electron chi connectivity index (χ2n) is 12.7. The second kappa shape index (κ2) is 10.1. The monoisotopic (exact) mass is 589 g/mol. The first-order valence-electron chi connectivity index (χ1n) is 13.9. The van der Waals surface area contributed by atoms with Gasteiger partial charge < -0.3 is 31.5 Å². The summed E-state index contributed by atoms with van der Waals surface area (Å²) in [4.78, 5) is 53.4. The number of aliphatic hydroxyl groups is 3. The number of phenols is 1.